The summed E-state index contributed by atoms with van der Waals surface area (Å²) in [6.07, 6.45) is 5.34. The van der Waals surface area contributed by atoms with Crippen LogP contribution in [0.1, 0.15) is 59.6 Å². The lowest BCUT2D eigenvalue weighted by atomic mass is 9.84. The van der Waals surface area contributed by atoms with Gasteiger partial charge in [0.2, 0.25) is 0 Å². The Hall–Kier alpha value is -3.33. The summed E-state index contributed by atoms with van der Waals surface area (Å²) in [5, 5.41) is 2.69. The Morgan fingerprint density at radius 2 is 1.86 bits per heavy atom. The van der Waals surface area contributed by atoms with Crippen molar-refractivity contribution in [1.29, 1.82) is 0 Å². The van der Waals surface area contributed by atoms with Crippen molar-refractivity contribution in [2.45, 2.75) is 50.9 Å². The quantitative estimate of drug-likeness (QED) is 0.313. The van der Waals surface area contributed by atoms with Gasteiger partial charge < -0.3 is 10.1 Å². The number of aromatic nitrogens is 2. The molecule has 0 atom stereocenters. The Labute approximate surface area is 204 Å². The van der Waals surface area contributed by atoms with E-state index < -0.39 is 12.3 Å². The molecule has 9 heteroatoms. The highest BCUT2D eigenvalue weighted by Crippen LogP contribution is 2.35. The van der Waals surface area contributed by atoms with E-state index in [1.807, 2.05) is 10.6 Å². The lowest BCUT2D eigenvalue weighted by Crippen LogP contribution is -2.23. The van der Waals surface area contributed by atoms with Gasteiger partial charge in [0, 0.05) is 18.9 Å². The molecule has 1 aliphatic rings. The summed E-state index contributed by atoms with van der Waals surface area (Å²) in [6.45, 7) is 0.0532. The van der Waals surface area contributed by atoms with Gasteiger partial charge >= 0.3 is 6.36 Å². The smallest absolute Gasteiger partial charge is 0.406 e. The van der Waals surface area contributed by atoms with Gasteiger partial charge in [0.1, 0.15) is 11.4 Å². The Balaban J connectivity index is 1.23. The van der Waals surface area contributed by atoms with Gasteiger partial charge in [0.15, 0.2) is 4.96 Å². The van der Waals surface area contributed by atoms with Crippen LogP contribution in [-0.4, -0.2) is 21.7 Å². The molecule has 0 saturated heterocycles. The highest BCUT2D eigenvalue weighted by molar-refractivity contribution is 7.20. The first-order chi connectivity index (χ1) is 16.8. The van der Waals surface area contributed by atoms with Crippen molar-refractivity contribution < 1.29 is 22.7 Å². The van der Waals surface area contributed by atoms with E-state index in [1.54, 1.807) is 12.3 Å². The van der Waals surface area contributed by atoms with Crippen LogP contribution in [0.5, 0.6) is 5.75 Å². The number of carbonyl (C=O) groups is 1. The molecule has 0 unspecified atom stereocenters. The minimum atomic E-state index is -4.76. The molecular weight excluding hydrogens is 475 g/mol. The molecule has 0 bridgehead atoms. The van der Waals surface area contributed by atoms with Crippen molar-refractivity contribution in [3.05, 3.63) is 77.7 Å². The number of ether oxygens (including phenoxy) is 1. The minimum Gasteiger partial charge on any atom is -0.406 e. The number of imidazole rings is 1. The lowest BCUT2D eigenvalue weighted by Gasteiger charge is -2.22. The van der Waals surface area contributed by atoms with E-state index >= 15 is 0 Å². The minimum absolute atomic E-state index is 0.0532. The van der Waals surface area contributed by atoms with Crippen molar-refractivity contribution >= 4 is 22.2 Å². The van der Waals surface area contributed by atoms with Crippen LogP contribution in [0.4, 0.5) is 13.2 Å². The average Bonchev–Trinajstić information content (AvgIpc) is 3.42. The van der Waals surface area contributed by atoms with Crippen molar-refractivity contribution in [2.24, 2.45) is 0 Å². The van der Waals surface area contributed by atoms with Gasteiger partial charge in [-0.05, 0) is 47.6 Å². The topological polar surface area (TPSA) is 55.6 Å². The van der Waals surface area contributed by atoms with Gasteiger partial charge in [0.05, 0.1) is 4.88 Å². The first-order valence-electron chi connectivity index (χ1n) is 11.6. The highest BCUT2D eigenvalue weighted by Gasteiger charge is 2.31. The number of nitrogens with one attached hydrogen (secondary N) is 1. The number of rotatable bonds is 6. The maximum absolute atomic E-state index is 12.5. The largest absolute Gasteiger partial charge is 0.573 e. The van der Waals surface area contributed by atoms with Gasteiger partial charge in [-0.25, -0.2) is 4.98 Å². The van der Waals surface area contributed by atoms with Crippen LogP contribution in [0, 0.1) is 0 Å². The van der Waals surface area contributed by atoms with Crippen molar-refractivity contribution in [3.8, 4) is 16.2 Å². The number of hydrogen-bond acceptors (Lipinski definition) is 4. The number of halogens is 3. The number of fused-ring (bicyclic) bond motifs is 1. The molecule has 0 aliphatic heterocycles. The summed E-state index contributed by atoms with van der Waals surface area (Å²) in [5.41, 5.74) is 3.26. The molecule has 1 aliphatic carbocycles. The maximum atomic E-state index is 12.5. The summed E-state index contributed by atoms with van der Waals surface area (Å²) in [5.74, 6) is -0.0633. The van der Waals surface area contributed by atoms with Gasteiger partial charge in [-0.3, -0.25) is 9.20 Å². The molecule has 1 fully saturated rings. The molecule has 2 aromatic carbocycles. The first kappa shape index (κ1) is 23.4. The molecule has 4 aromatic rings. The number of nitrogens with zero attached hydrogens (tertiary/aromatic N) is 2. The van der Waals surface area contributed by atoms with Crippen LogP contribution in [0.3, 0.4) is 0 Å². The fourth-order valence-electron chi connectivity index (χ4n) is 4.52. The Kier molecular flexibility index (Phi) is 6.51. The van der Waals surface area contributed by atoms with E-state index in [4.69, 9.17) is 0 Å². The third kappa shape index (κ3) is 5.67. The molecule has 2 heterocycles. The second kappa shape index (κ2) is 9.73. The second-order valence-corrected chi connectivity index (χ2v) is 9.76. The monoisotopic (exact) mass is 499 g/mol. The molecule has 1 saturated carbocycles. The number of amides is 1. The molecule has 5 nitrogen and oxygen atoms in total. The van der Waals surface area contributed by atoms with Gasteiger partial charge in [-0.15, -0.1) is 13.2 Å². The van der Waals surface area contributed by atoms with Crippen molar-refractivity contribution in [1.82, 2.24) is 14.7 Å². The van der Waals surface area contributed by atoms with Crippen LogP contribution in [0.25, 0.3) is 15.4 Å². The molecule has 5 rings (SSSR count). The third-order valence-electron chi connectivity index (χ3n) is 6.25. The zero-order chi connectivity index (χ0) is 24.4. The summed E-state index contributed by atoms with van der Waals surface area (Å²) in [4.78, 5) is 18.7. The zero-order valence-electron chi connectivity index (χ0n) is 18.8. The molecule has 35 heavy (non-hydrogen) atoms. The van der Waals surface area contributed by atoms with Gasteiger partial charge in [0.25, 0.3) is 5.91 Å². The second-order valence-electron chi connectivity index (χ2n) is 8.75. The van der Waals surface area contributed by atoms with Gasteiger partial charge in [-0.1, -0.05) is 67.0 Å². The highest BCUT2D eigenvalue weighted by atomic mass is 32.1. The summed E-state index contributed by atoms with van der Waals surface area (Å²) >= 11 is 1.50. The van der Waals surface area contributed by atoms with Crippen LogP contribution >= 0.6 is 11.3 Å². The summed E-state index contributed by atoms with van der Waals surface area (Å²) in [6, 6.07) is 14.3. The van der Waals surface area contributed by atoms with Crippen molar-refractivity contribution in [2.75, 3.05) is 0 Å². The normalized spacial score (nSPS) is 14.8. The maximum Gasteiger partial charge on any atom is 0.573 e. The predicted molar refractivity (Wildman–Crippen MR) is 129 cm³/mol. The first-order valence-corrected chi connectivity index (χ1v) is 12.4. The molecule has 2 aromatic heterocycles. The Morgan fingerprint density at radius 3 is 2.57 bits per heavy atom. The molecule has 0 spiro atoms. The SMILES string of the molecule is O=C(NCc1cccc(OC(F)(F)F)c1)c1cn2cc(-c3ccc(C4CCCCC4)cc3)sc2n1. The van der Waals surface area contributed by atoms with E-state index in [2.05, 4.69) is 39.3 Å². The summed E-state index contributed by atoms with van der Waals surface area (Å²) in [7, 11) is 0. The fraction of sp³-hybridized carbons (Fsp3) is 0.308. The standard InChI is InChI=1S/C26H24F3N3O2S/c27-26(28,29)34-21-8-4-5-17(13-21)14-30-24(33)22-15-32-16-23(35-25(32)31-22)20-11-9-19(10-12-20)18-6-2-1-3-7-18/h4-5,8-13,15-16,18H,1-3,6-7,14H2,(H,30,33). The van der Waals surface area contributed by atoms with Crippen LogP contribution in [0.15, 0.2) is 60.9 Å². The number of alkyl halides is 3. The van der Waals surface area contributed by atoms with E-state index in [-0.39, 0.29) is 18.0 Å². The van der Waals surface area contributed by atoms with Crippen LogP contribution in [-0.2, 0) is 6.54 Å². The predicted octanol–water partition coefficient (Wildman–Crippen LogP) is 6.94. The number of hydrogen-bond donors (Lipinski definition) is 1. The van der Waals surface area contributed by atoms with Crippen molar-refractivity contribution in [3.63, 3.8) is 0 Å². The molecular formula is C26H24F3N3O2S. The number of carbonyl (C=O) groups excluding carboxylic acids is 1. The third-order valence-corrected chi connectivity index (χ3v) is 7.29. The lowest BCUT2D eigenvalue weighted by molar-refractivity contribution is -0.274. The van der Waals surface area contributed by atoms with Crippen LogP contribution in [0.2, 0.25) is 0 Å². The van der Waals surface area contributed by atoms with E-state index in [1.165, 1.54) is 67.2 Å². The average molecular weight is 500 g/mol. The summed E-state index contributed by atoms with van der Waals surface area (Å²) < 4.78 is 43.0. The zero-order valence-corrected chi connectivity index (χ0v) is 19.7. The molecule has 1 N–H and O–H groups in total. The van der Waals surface area contributed by atoms with E-state index in [0.717, 1.165) is 10.4 Å². The number of thiazole rings is 1. The molecule has 1 amide bonds. The van der Waals surface area contributed by atoms with Gasteiger partial charge in [-0.2, -0.15) is 0 Å². The van der Waals surface area contributed by atoms with E-state index in [9.17, 15) is 18.0 Å². The Bertz CT molecular complexity index is 1290. The number of benzene rings is 2. The molecule has 0 radical (unpaired) electrons. The van der Waals surface area contributed by atoms with E-state index in [0.29, 0.717) is 16.4 Å². The fourth-order valence-corrected chi connectivity index (χ4v) is 5.49. The Morgan fingerprint density at radius 1 is 1.09 bits per heavy atom. The molecule has 182 valence electrons. The van der Waals surface area contributed by atoms with Crippen LogP contribution < -0.4 is 10.1 Å².